The van der Waals surface area contributed by atoms with Crippen LogP contribution in [0.4, 0.5) is 0 Å². The maximum absolute atomic E-state index is 10.8. The van der Waals surface area contributed by atoms with Gasteiger partial charge in [0.2, 0.25) is 0 Å². The number of hydrogen-bond acceptors (Lipinski definition) is 4. The van der Waals surface area contributed by atoms with Crippen molar-refractivity contribution < 1.29 is 19.1 Å². The number of rotatable bonds is 6. The Balaban J connectivity index is 3.40. The molecule has 0 saturated heterocycles. The summed E-state index contributed by atoms with van der Waals surface area (Å²) in [4.78, 5) is 21.6. The number of carbonyl (C=O) groups excluding carboxylic acids is 2. The number of esters is 2. The van der Waals surface area contributed by atoms with E-state index in [0.717, 1.165) is 0 Å². The quantitative estimate of drug-likeness (QED) is 0.381. The SMILES string of the molecule is C/C=C\C(=O)OCCCOC(=O)/C=C\C. The van der Waals surface area contributed by atoms with Crippen molar-refractivity contribution in [2.45, 2.75) is 20.3 Å². The number of carbonyl (C=O) groups is 2. The summed E-state index contributed by atoms with van der Waals surface area (Å²) in [6.07, 6.45) is 6.40. The highest BCUT2D eigenvalue weighted by Crippen LogP contribution is 1.89. The van der Waals surface area contributed by atoms with Crippen molar-refractivity contribution in [2.24, 2.45) is 0 Å². The summed E-state index contributed by atoms with van der Waals surface area (Å²) >= 11 is 0. The van der Waals surface area contributed by atoms with Crippen LogP contribution in [0.25, 0.3) is 0 Å². The van der Waals surface area contributed by atoms with Gasteiger partial charge in [-0.2, -0.15) is 0 Å². The molecule has 0 unspecified atom stereocenters. The normalized spacial score (nSPS) is 10.8. The molecule has 0 atom stereocenters. The Bertz CT molecular complexity index is 227. The van der Waals surface area contributed by atoms with Gasteiger partial charge in [-0.15, -0.1) is 0 Å². The zero-order valence-corrected chi connectivity index (χ0v) is 9.06. The highest BCUT2D eigenvalue weighted by molar-refractivity contribution is 5.82. The molecule has 0 bridgehead atoms. The summed E-state index contributed by atoms with van der Waals surface area (Å²) in [6, 6.07) is 0. The molecule has 0 fully saturated rings. The summed E-state index contributed by atoms with van der Waals surface area (Å²) in [7, 11) is 0. The van der Waals surface area contributed by atoms with Gasteiger partial charge < -0.3 is 9.47 Å². The lowest BCUT2D eigenvalue weighted by Crippen LogP contribution is -2.07. The first-order valence-electron chi connectivity index (χ1n) is 4.79. The average molecular weight is 212 g/mol. The molecule has 0 spiro atoms. The second-order valence-corrected chi connectivity index (χ2v) is 2.69. The largest absolute Gasteiger partial charge is 0.462 e. The van der Waals surface area contributed by atoms with Gasteiger partial charge in [-0.05, 0) is 13.8 Å². The number of hydrogen-bond donors (Lipinski definition) is 0. The predicted molar refractivity (Wildman–Crippen MR) is 56.2 cm³/mol. The van der Waals surface area contributed by atoms with Gasteiger partial charge in [0.15, 0.2) is 0 Å². The van der Waals surface area contributed by atoms with Gasteiger partial charge in [0.1, 0.15) is 0 Å². The standard InChI is InChI=1S/C11H16O4/c1-3-6-10(12)14-8-5-9-15-11(13)7-4-2/h3-4,6-7H,5,8-9H2,1-2H3/b6-3-,7-4-. The fourth-order valence-corrected chi connectivity index (χ4v) is 0.773. The molecule has 0 rings (SSSR count). The first-order chi connectivity index (χ1) is 7.20. The minimum absolute atomic E-state index is 0.256. The second-order valence-electron chi connectivity index (χ2n) is 2.69. The molecule has 4 nitrogen and oxygen atoms in total. The van der Waals surface area contributed by atoms with E-state index < -0.39 is 0 Å². The third-order valence-electron chi connectivity index (χ3n) is 1.38. The highest BCUT2D eigenvalue weighted by Gasteiger charge is 1.98. The van der Waals surface area contributed by atoms with Crippen LogP contribution in [0.3, 0.4) is 0 Å². The van der Waals surface area contributed by atoms with Crippen LogP contribution >= 0.6 is 0 Å². The summed E-state index contributed by atoms with van der Waals surface area (Å²) in [5, 5.41) is 0. The van der Waals surface area contributed by atoms with Crippen molar-refractivity contribution >= 4 is 11.9 Å². The Kier molecular flexibility index (Phi) is 8.05. The van der Waals surface area contributed by atoms with E-state index in [1.165, 1.54) is 12.2 Å². The zero-order valence-electron chi connectivity index (χ0n) is 9.06. The van der Waals surface area contributed by atoms with Gasteiger partial charge in [0, 0.05) is 18.6 Å². The summed E-state index contributed by atoms with van der Waals surface area (Å²) in [6.45, 7) is 3.98. The van der Waals surface area contributed by atoms with Crippen molar-refractivity contribution in [3.05, 3.63) is 24.3 Å². The van der Waals surface area contributed by atoms with Gasteiger partial charge in [0.05, 0.1) is 13.2 Å². The molecular formula is C11H16O4. The van der Waals surface area contributed by atoms with Crippen LogP contribution in [0.5, 0.6) is 0 Å². The Morgan fingerprint density at radius 3 is 1.67 bits per heavy atom. The van der Waals surface area contributed by atoms with E-state index in [1.54, 1.807) is 26.0 Å². The molecule has 0 saturated carbocycles. The topological polar surface area (TPSA) is 52.6 Å². The highest BCUT2D eigenvalue weighted by atomic mass is 16.5. The number of allylic oxidation sites excluding steroid dienone is 2. The maximum atomic E-state index is 10.8. The Morgan fingerprint density at radius 1 is 0.933 bits per heavy atom. The molecular weight excluding hydrogens is 196 g/mol. The summed E-state index contributed by atoms with van der Waals surface area (Å²) in [5.74, 6) is -0.755. The van der Waals surface area contributed by atoms with Crippen LogP contribution in [0.15, 0.2) is 24.3 Å². The molecule has 0 aromatic rings. The number of ether oxygens (including phenoxy) is 2. The van der Waals surface area contributed by atoms with Crippen molar-refractivity contribution in [1.29, 1.82) is 0 Å². The molecule has 15 heavy (non-hydrogen) atoms. The van der Waals surface area contributed by atoms with Crippen LogP contribution in [-0.2, 0) is 19.1 Å². The zero-order chi connectivity index (χ0) is 11.5. The van der Waals surface area contributed by atoms with Crippen LogP contribution in [-0.4, -0.2) is 25.2 Å². The monoisotopic (exact) mass is 212 g/mol. The lowest BCUT2D eigenvalue weighted by atomic mass is 10.4. The molecule has 0 aromatic heterocycles. The van der Waals surface area contributed by atoms with Gasteiger partial charge in [-0.1, -0.05) is 12.2 Å². The molecule has 0 aliphatic rings. The summed E-state index contributed by atoms with van der Waals surface area (Å²) in [5.41, 5.74) is 0. The third-order valence-corrected chi connectivity index (χ3v) is 1.38. The molecule has 0 amide bonds. The fraction of sp³-hybridized carbons (Fsp3) is 0.455. The average Bonchev–Trinajstić information content (AvgIpc) is 2.18. The minimum Gasteiger partial charge on any atom is -0.462 e. The molecule has 0 aliphatic carbocycles. The lowest BCUT2D eigenvalue weighted by Gasteiger charge is -2.02. The van der Waals surface area contributed by atoms with Gasteiger partial charge >= 0.3 is 11.9 Å². The van der Waals surface area contributed by atoms with Crippen LogP contribution in [0, 0.1) is 0 Å². The maximum Gasteiger partial charge on any atom is 0.330 e. The Hall–Kier alpha value is -1.58. The molecule has 0 heterocycles. The van der Waals surface area contributed by atoms with E-state index >= 15 is 0 Å². The van der Waals surface area contributed by atoms with Crippen LogP contribution < -0.4 is 0 Å². The molecule has 84 valence electrons. The van der Waals surface area contributed by atoms with Gasteiger partial charge in [-0.25, -0.2) is 9.59 Å². The Labute approximate surface area is 89.6 Å². The second kappa shape index (κ2) is 8.99. The van der Waals surface area contributed by atoms with Crippen LogP contribution in [0.1, 0.15) is 20.3 Å². The predicted octanol–water partition coefficient (Wildman–Crippen LogP) is 1.62. The van der Waals surface area contributed by atoms with Gasteiger partial charge in [0.25, 0.3) is 0 Å². The summed E-state index contributed by atoms with van der Waals surface area (Å²) < 4.78 is 9.58. The van der Waals surface area contributed by atoms with Gasteiger partial charge in [-0.3, -0.25) is 0 Å². The van der Waals surface area contributed by atoms with Crippen molar-refractivity contribution in [3.8, 4) is 0 Å². The smallest absolute Gasteiger partial charge is 0.330 e. The van der Waals surface area contributed by atoms with Crippen molar-refractivity contribution in [1.82, 2.24) is 0 Å². The van der Waals surface area contributed by atoms with E-state index in [-0.39, 0.29) is 25.2 Å². The van der Waals surface area contributed by atoms with E-state index in [1.807, 2.05) is 0 Å². The molecule has 0 aromatic carbocycles. The van der Waals surface area contributed by atoms with Crippen LogP contribution in [0.2, 0.25) is 0 Å². The van der Waals surface area contributed by atoms with E-state index in [9.17, 15) is 9.59 Å². The molecule has 0 radical (unpaired) electrons. The van der Waals surface area contributed by atoms with E-state index in [2.05, 4.69) is 0 Å². The minimum atomic E-state index is -0.378. The van der Waals surface area contributed by atoms with Crippen molar-refractivity contribution in [3.63, 3.8) is 0 Å². The lowest BCUT2D eigenvalue weighted by molar-refractivity contribution is -0.140. The Morgan fingerprint density at radius 2 is 1.33 bits per heavy atom. The van der Waals surface area contributed by atoms with E-state index in [4.69, 9.17) is 9.47 Å². The first-order valence-corrected chi connectivity index (χ1v) is 4.79. The molecule has 0 N–H and O–H groups in total. The van der Waals surface area contributed by atoms with E-state index in [0.29, 0.717) is 6.42 Å². The fourth-order valence-electron chi connectivity index (χ4n) is 0.773. The molecule has 0 aliphatic heterocycles. The first kappa shape index (κ1) is 13.4. The van der Waals surface area contributed by atoms with Crippen molar-refractivity contribution in [2.75, 3.05) is 13.2 Å². The molecule has 4 heteroatoms. The third kappa shape index (κ3) is 8.74.